The van der Waals surface area contributed by atoms with E-state index in [2.05, 4.69) is 0 Å². The van der Waals surface area contributed by atoms with Gasteiger partial charge in [-0.2, -0.15) is 13.2 Å². The number of fused-ring (bicyclic) bond motifs is 1. The lowest BCUT2D eigenvalue weighted by molar-refractivity contribution is -0.139. The van der Waals surface area contributed by atoms with Gasteiger partial charge in [-0.15, -0.1) is 0 Å². The third kappa shape index (κ3) is 1.97. The average Bonchev–Trinajstić information content (AvgIpc) is 3.38. The maximum absolute atomic E-state index is 13.3. The number of carbonyl (C=O) groups is 2. The largest absolute Gasteiger partial charge is 0.496 e. The minimum absolute atomic E-state index is 0.00408. The molecule has 1 aromatic carbocycles. The number of amides is 2. The van der Waals surface area contributed by atoms with E-state index in [-0.39, 0.29) is 46.9 Å². The van der Waals surface area contributed by atoms with Gasteiger partial charge in [0, 0.05) is 0 Å². The second kappa shape index (κ2) is 5.02. The number of halogens is 3. The van der Waals surface area contributed by atoms with Crippen molar-refractivity contribution >= 4 is 17.5 Å². The summed E-state index contributed by atoms with van der Waals surface area (Å²) in [6.07, 6.45) is -1.61. The lowest BCUT2D eigenvalue weighted by Crippen LogP contribution is -2.43. The van der Waals surface area contributed by atoms with Crippen molar-refractivity contribution in [2.24, 2.45) is 35.5 Å². The smallest absolute Gasteiger partial charge is 0.420 e. The molecule has 4 saturated carbocycles. The maximum atomic E-state index is 13.3. The van der Waals surface area contributed by atoms with E-state index in [1.54, 1.807) is 0 Å². The van der Waals surface area contributed by atoms with Crippen LogP contribution >= 0.6 is 0 Å². The second-order valence-electron chi connectivity index (χ2n) is 7.91. The number of anilines is 1. The maximum Gasteiger partial charge on any atom is 0.420 e. The monoisotopic (exact) mass is 365 g/mol. The number of alkyl halides is 3. The van der Waals surface area contributed by atoms with Gasteiger partial charge in [-0.3, -0.25) is 14.5 Å². The van der Waals surface area contributed by atoms with Crippen LogP contribution in [-0.2, 0) is 15.8 Å². The standard InChI is InChI=1S/C19H18F3NO3/c1-26-14-5-2-8(6-13(14)19(20,21)22)23-17(24)15-9-3-4-10(12-7-11(9)12)16(15)18(23)25/h2,5-6,9-12,15-16H,3-4,7H2,1H3/t9-,10+,11-,12+,15-,16+. The first kappa shape index (κ1) is 16.1. The van der Waals surface area contributed by atoms with E-state index in [1.807, 2.05) is 0 Å². The predicted octanol–water partition coefficient (Wildman–Crippen LogP) is 3.50. The predicted molar refractivity (Wildman–Crippen MR) is 85.3 cm³/mol. The number of carbonyl (C=O) groups excluding carboxylic acids is 2. The number of hydrogen-bond acceptors (Lipinski definition) is 3. The Bertz CT molecular complexity index is 787. The summed E-state index contributed by atoms with van der Waals surface area (Å²) in [5.41, 5.74) is -0.977. The molecule has 26 heavy (non-hydrogen) atoms. The first-order valence-corrected chi connectivity index (χ1v) is 8.96. The van der Waals surface area contributed by atoms with Crippen molar-refractivity contribution < 1.29 is 27.5 Å². The van der Waals surface area contributed by atoms with E-state index in [0.29, 0.717) is 11.8 Å². The molecule has 6 atom stereocenters. The Morgan fingerprint density at radius 2 is 1.58 bits per heavy atom. The molecule has 0 unspecified atom stereocenters. The fourth-order valence-electron chi connectivity index (χ4n) is 5.85. The van der Waals surface area contributed by atoms with E-state index in [1.165, 1.54) is 12.1 Å². The molecule has 1 aliphatic heterocycles. The van der Waals surface area contributed by atoms with Crippen molar-refractivity contribution in [2.45, 2.75) is 25.4 Å². The zero-order chi connectivity index (χ0) is 18.4. The van der Waals surface area contributed by atoms with Crippen molar-refractivity contribution in [1.82, 2.24) is 0 Å². The third-order valence-corrected chi connectivity index (χ3v) is 6.89. The van der Waals surface area contributed by atoms with Gasteiger partial charge < -0.3 is 4.74 Å². The average molecular weight is 365 g/mol. The van der Waals surface area contributed by atoms with Crippen molar-refractivity contribution in [1.29, 1.82) is 0 Å². The van der Waals surface area contributed by atoms with Gasteiger partial charge in [0.2, 0.25) is 11.8 Å². The molecular weight excluding hydrogens is 347 g/mol. The quantitative estimate of drug-likeness (QED) is 0.754. The number of ether oxygens (including phenoxy) is 1. The highest BCUT2D eigenvalue weighted by Crippen LogP contribution is 2.68. The molecule has 2 amide bonds. The van der Waals surface area contributed by atoms with Crippen LogP contribution in [0.25, 0.3) is 0 Å². The van der Waals surface area contributed by atoms with Gasteiger partial charge in [-0.1, -0.05) is 0 Å². The summed E-state index contributed by atoms with van der Waals surface area (Å²) in [7, 11) is 1.16. The molecule has 4 aliphatic carbocycles. The Kier molecular flexibility index (Phi) is 3.12. The first-order chi connectivity index (χ1) is 12.3. The van der Waals surface area contributed by atoms with E-state index in [9.17, 15) is 22.8 Å². The van der Waals surface area contributed by atoms with Gasteiger partial charge in [0.25, 0.3) is 0 Å². The van der Waals surface area contributed by atoms with Crippen molar-refractivity contribution in [3.05, 3.63) is 23.8 Å². The Morgan fingerprint density at radius 3 is 2.08 bits per heavy atom. The molecular formula is C19H18F3NO3. The van der Waals surface area contributed by atoms with Crippen LogP contribution in [0, 0.1) is 35.5 Å². The number of benzene rings is 1. The van der Waals surface area contributed by atoms with Gasteiger partial charge >= 0.3 is 6.18 Å². The zero-order valence-corrected chi connectivity index (χ0v) is 14.1. The van der Waals surface area contributed by atoms with Crippen molar-refractivity contribution in [3.63, 3.8) is 0 Å². The fraction of sp³-hybridized carbons (Fsp3) is 0.579. The fourth-order valence-corrected chi connectivity index (χ4v) is 5.85. The summed E-state index contributed by atoms with van der Waals surface area (Å²) >= 11 is 0. The van der Waals surface area contributed by atoms with Crippen LogP contribution in [0.5, 0.6) is 5.75 Å². The highest BCUT2D eigenvalue weighted by molar-refractivity contribution is 6.22. The molecule has 5 aliphatic rings. The summed E-state index contributed by atoms with van der Waals surface area (Å²) in [4.78, 5) is 27.0. The zero-order valence-electron chi connectivity index (χ0n) is 14.1. The molecule has 0 radical (unpaired) electrons. The molecule has 138 valence electrons. The van der Waals surface area contributed by atoms with Crippen LogP contribution in [0.1, 0.15) is 24.8 Å². The Hall–Kier alpha value is -2.05. The molecule has 0 aromatic heterocycles. The summed E-state index contributed by atoms with van der Waals surface area (Å²) < 4.78 is 44.7. The van der Waals surface area contributed by atoms with Crippen LogP contribution in [0.15, 0.2) is 18.2 Å². The highest BCUT2D eigenvalue weighted by atomic mass is 19.4. The van der Waals surface area contributed by atoms with Crippen molar-refractivity contribution in [2.75, 3.05) is 12.0 Å². The Balaban J connectivity index is 1.55. The molecule has 0 N–H and O–H groups in total. The number of methoxy groups -OCH3 is 1. The Morgan fingerprint density at radius 1 is 1.00 bits per heavy atom. The van der Waals surface area contributed by atoms with E-state index >= 15 is 0 Å². The molecule has 1 heterocycles. The van der Waals surface area contributed by atoms with Gasteiger partial charge in [0.1, 0.15) is 5.75 Å². The first-order valence-electron chi connectivity index (χ1n) is 8.96. The minimum atomic E-state index is -4.62. The molecule has 5 fully saturated rings. The third-order valence-electron chi connectivity index (χ3n) is 6.89. The van der Waals surface area contributed by atoms with E-state index in [4.69, 9.17) is 4.74 Å². The molecule has 1 saturated heterocycles. The minimum Gasteiger partial charge on any atom is -0.496 e. The topological polar surface area (TPSA) is 46.6 Å². The van der Waals surface area contributed by atoms with Gasteiger partial charge in [0.05, 0.1) is 30.2 Å². The summed E-state index contributed by atoms with van der Waals surface area (Å²) in [5.74, 6) is -0.145. The van der Waals surface area contributed by atoms with Gasteiger partial charge in [-0.05, 0) is 61.1 Å². The number of nitrogens with zero attached hydrogens (tertiary/aromatic N) is 1. The normalized spacial score (nSPS) is 37.6. The van der Waals surface area contributed by atoms with Crippen LogP contribution < -0.4 is 9.64 Å². The number of imide groups is 1. The van der Waals surface area contributed by atoms with Crippen LogP contribution in [0.3, 0.4) is 0 Å². The van der Waals surface area contributed by atoms with E-state index in [0.717, 1.165) is 37.3 Å². The number of rotatable bonds is 2. The highest BCUT2D eigenvalue weighted by Gasteiger charge is 2.68. The molecule has 0 spiro atoms. The van der Waals surface area contributed by atoms with Crippen molar-refractivity contribution in [3.8, 4) is 5.75 Å². The molecule has 6 rings (SSSR count). The summed E-state index contributed by atoms with van der Waals surface area (Å²) in [6.45, 7) is 0. The lowest BCUT2D eigenvalue weighted by atomic mass is 9.59. The summed E-state index contributed by atoms with van der Waals surface area (Å²) in [6, 6.07) is 3.39. The Labute approximate surface area is 148 Å². The van der Waals surface area contributed by atoms with Crippen LogP contribution in [0.4, 0.5) is 18.9 Å². The molecule has 4 nitrogen and oxygen atoms in total. The molecule has 2 bridgehead atoms. The number of hydrogen-bond donors (Lipinski definition) is 0. The van der Waals surface area contributed by atoms with E-state index < -0.39 is 11.7 Å². The van der Waals surface area contributed by atoms with Crippen LogP contribution in [-0.4, -0.2) is 18.9 Å². The summed E-state index contributed by atoms with van der Waals surface area (Å²) in [5, 5.41) is 0. The molecule has 1 aromatic rings. The van der Waals surface area contributed by atoms with Gasteiger partial charge in [0.15, 0.2) is 0 Å². The molecule has 7 heteroatoms. The lowest BCUT2D eigenvalue weighted by Gasteiger charge is -2.42. The second-order valence-corrected chi connectivity index (χ2v) is 7.91. The van der Waals surface area contributed by atoms with Gasteiger partial charge in [-0.25, -0.2) is 0 Å². The SMILES string of the molecule is COc1ccc(N2C(=O)[C@@H]3[C@@H]4CC[C@@H]([C@@H]5C[C@@H]54)[C@@H]3C2=O)cc1C(F)(F)F. The van der Waals surface area contributed by atoms with Crippen LogP contribution in [0.2, 0.25) is 0 Å².